The first-order valence-electron chi connectivity index (χ1n) is 4.19. The van der Waals surface area contributed by atoms with Crippen molar-refractivity contribution in [3.8, 4) is 0 Å². The largest absolute Gasteiger partial charge is 0.388 e. The highest BCUT2D eigenvalue weighted by atomic mass is 35.5. The zero-order chi connectivity index (χ0) is 10.6. The number of thioether (sulfide) groups is 1. The van der Waals surface area contributed by atoms with Crippen LogP contribution in [0.2, 0.25) is 5.02 Å². The first-order valence-corrected chi connectivity index (χ1v) is 5.45. The van der Waals surface area contributed by atoms with Crippen molar-refractivity contribution in [1.82, 2.24) is 4.98 Å². The number of aromatic nitrogens is 1. The Morgan fingerprint density at radius 1 is 1.79 bits per heavy atom. The van der Waals surface area contributed by atoms with Crippen LogP contribution >= 0.6 is 23.4 Å². The number of nitrogens with two attached hydrogens (primary N) is 1. The first kappa shape index (κ1) is 11.3. The van der Waals surface area contributed by atoms with Gasteiger partial charge in [-0.1, -0.05) is 18.5 Å². The van der Waals surface area contributed by atoms with Gasteiger partial charge in [0.05, 0.1) is 10.9 Å². The summed E-state index contributed by atoms with van der Waals surface area (Å²) >= 11 is 7.47. The Kier molecular flexibility index (Phi) is 4.22. The average Bonchev–Trinajstić information content (AvgIpc) is 2.07. The van der Waals surface area contributed by atoms with E-state index in [2.05, 4.69) is 4.98 Å². The van der Waals surface area contributed by atoms with Gasteiger partial charge in [-0.3, -0.25) is 5.41 Å². The minimum atomic E-state index is 0.192. The van der Waals surface area contributed by atoms with E-state index in [4.69, 9.17) is 22.7 Å². The fourth-order valence-electron chi connectivity index (χ4n) is 1.000. The van der Waals surface area contributed by atoms with Gasteiger partial charge in [-0.2, -0.15) is 0 Å². The number of halogens is 1. The molecule has 3 N–H and O–H groups in total. The lowest BCUT2D eigenvalue weighted by molar-refractivity contribution is 0.986. The second kappa shape index (κ2) is 5.22. The van der Waals surface area contributed by atoms with Gasteiger partial charge < -0.3 is 5.73 Å². The Hall–Kier alpha value is -0.740. The van der Waals surface area contributed by atoms with Crippen LogP contribution in [0, 0.1) is 5.41 Å². The van der Waals surface area contributed by atoms with E-state index in [0.29, 0.717) is 11.4 Å². The van der Waals surface area contributed by atoms with Gasteiger partial charge in [-0.05, 0) is 12.1 Å². The third-order valence-electron chi connectivity index (χ3n) is 1.54. The molecule has 0 aliphatic rings. The molecular formula is C9H12ClN3S. The molecule has 0 aromatic carbocycles. The van der Waals surface area contributed by atoms with E-state index in [0.717, 1.165) is 5.03 Å². The molecule has 14 heavy (non-hydrogen) atoms. The SMILES string of the molecule is CC(CC(=N)N)Sc1ncccc1Cl. The lowest BCUT2D eigenvalue weighted by atomic mass is 10.3. The molecule has 5 heteroatoms. The molecule has 0 spiro atoms. The molecule has 1 rings (SSSR count). The van der Waals surface area contributed by atoms with Gasteiger partial charge in [0.25, 0.3) is 0 Å². The number of rotatable bonds is 4. The van der Waals surface area contributed by atoms with Crippen molar-refractivity contribution in [2.75, 3.05) is 0 Å². The minimum absolute atomic E-state index is 0.192. The first-order chi connectivity index (χ1) is 6.59. The molecule has 0 amide bonds. The lowest BCUT2D eigenvalue weighted by Crippen LogP contribution is -2.15. The molecule has 1 atom stereocenters. The van der Waals surface area contributed by atoms with Crippen LogP contribution in [0.5, 0.6) is 0 Å². The predicted octanol–water partition coefficient (Wildman–Crippen LogP) is 2.54. The van der Waals surface area contributed by atoms with Crippen LogP contribution in [-0.4, -0.2) is 16.1 Å². The predicted molar refractivity (Wildman–Crippen MR) is 61.1 cm³/mol. The summed E-state index contributed by atoms with van der Waals surface area (Å²) in [6.45, 7) is 2.00. The van der Waals surface area contributed by atoms with Crippen LogP contribution in [-0.2, 0) is 0 Å². The third-order valence-corrected chi connectivity index (χ3v) is 3.08. The molecule has 0 radical (unpaired) electrons. The average molecular weight is 230 g/mol. The second-order valence-electron chi connectivity index (χ2n) is 2.95. The van der Waals surface area contributed by atoms with Gasteiger partial charge in [-0.25, -0.2) is 4.98 Å². The molecule has 1 aromatic rings. The molecular weight excluding hydrogens is 218 g/mol. The highest BCUT2D eigenvalue weighted by Gasteiger charge is 2.09. The van der Waals surface area contributed by atoms with Crippen LogP contribution in [0.1, 0.15) is 13.3 Å². The van der Waals surface area contributed by atoms with Crippen LogP contribution < -0.4 is 5.73 Å². The van der Waals surface area contributed by atoms with Crippen molar-refractivity contribution in [2.24, 2.45) is 5.73 Å². The topological polar surface area (TPSA) is 62.8 Å². The van der Waals surface area contributed by atoms with Crippen molar-refractivity contribution >= 4 is 29.2 Å². The van der Waals surface area contributed by atoms with Crippen LogP contribution in [0.15, 0.2) is 23.4 Å². The monoisotopic (exact) mass is 229 g/mol. The van der Waals surface area contributed by atoms with Gasteiger partial charge in [0.1, 0.15) is 5.03 Å². The zero-order valence-corrected chi connectivity index (χ0v) is 9.40. The van der Waals surface area contributed by atoms with Crippen LogP contribution in [0.25, 0.3) is 0 Å². The summed E-state index contributed by atoms with van der Waals surface area (Å²) in [4.78, 5) is 4.15. The summed E-state index contributed by atoms with van der Waals surface area (Å²) in [5.41, 5.74) is 5.30. The van der Waals surface area contributed by atoms with Gasteiger partial charge in [0, 0.05) is 17.9 Å². The summed E-state index contributed by atoms with van der Waals surface area (Å²) in [7, 11) is 0. The normalized spacial score (nSPS) is 12.4. The fraction of sp³-hybridized carbons (Fsp3) is 0.333. The quantitative estimate of drug-likeness (QED) is 0.474. The molecule has 1 heterocycles. The smallest absolute Gasteiger partial charge is 0.115 e. The van der Waals surface area contributed by atoms with Crippen LogP contribution in [0.3, 0.4) is 0 Å². The van der Waals surface area contributed by atoms with Gasteiger partial charge in [-0.15, -0.1) is 11.8 Å². The van der Waals surface area contributed by atoms with E-state index in [1.165, 1.54) is 11.8 Å². The molecule has 0 saturated heterocycles. The Morgan fingerprint density at radius 3 is 3.07 bits per heavy atom. The van der Waals surface area contributed by atoms with Crippen molar-refractivity contribution < 1.29 is 0 Å². The molecule has 0 saturated carbocycles. The van der Waals surface area contributed by atoms with Crippen molar-refractivity contribution in [2.45, 2.75) is 23.6 Å². The highest BCUT2D eigenvalue weighted by Crippen LogP contribution is 2.28. The van der Waals surface area contributed by atoms with E-state index in [1.807, 2.05) is 6.92 Å². The summed E-state index contributed by atoms with van der Waals surface area (Å²) in [6, 6.07) is 3.60. The molecule has 76 valence electrons. The summed E-state index contributed by atoms with van der Waals surface area (Å²) in [5.74, 6) is 0.192. The number of amidine groups is 1. The minimum Gasteiger partial charge on any atom is -0.388 e. The molecule has 0 bridgehead atoms. The Labute approximate surface area is 92.6 Å². The molecule has 0 fully saturated rings. The van der Waals surface area contributed by atoms with E-state index in [-0.39, 0.29) is 11.1 Å². The summed E-state index contributed by atoms with van der Waals surface area (Å²) in [5, 5.41) is 8.82. The van der Waals surface area contributed by atoms with Crippen molar-refractivity contribution in [3.63, 3.8) is 0 Å². The standard InChI is InChI=1S/C9H12ClN3S/c1-6(5-8(11)12)14-9-7(10)3-2-4-13-9/h2-4,6H,5H2,1H3,(H3,11,12). The maximum Gasteiger partial charge on any atom is 0.115 e. The maximum atomic E-state index is 7.16. The van der Waals surface area contributed by atoms with E-state index < -0.39 is 0 Å². The van der Waals surface area contributed by atoms with Gasteiger partial charge in [0.2, 0.25) is 0 Å². The van der Waals surface area contributed by atoms with E-state index in [1.54, 1.807) is 18.3 Å². The zero-order valence-electron chi connectivity index (χ0n) is 7.83. The third kappa shape index (κ3) is 3.55. The number of hydrogen-bond acceptors (Lipinski definition) is 3. The number of hydrogen-bond donors (Lipinski definition) is 2. The summed E-state index contributed by atoms with van der Waals surface area (Å²) in [6.07, 6.45) is 2.26. The lowest BCUT2D eigenvalue weighted by Gasteiger charge is -2.09. The second-order valence-corrected chi connectivity index (χ2v) is 4.78. The van der Waals surface area contributed by atoms with Crippen LogP contribution in [0.4, 0.5) is 0 Å². The van der Waals surface area contributed by atoms with Gasteiger partial charge >= 0.3 is 0 Å². The molecule has 0 aliphatic carbocycles. The summed E-state index contributed by atoms with van der Waals surface area (Å²) < 4.78 is 0. The van der Waals surface area contributed by atoms with Gasteiger partial charge in [0.15, 0.2) is 0 Å². The molecule has 0 aliphatic heterocycles. The highest BCUT2D eigenvalue weighted by molar-refractivity contribution is 8.00. The van der Waals surface area contributed by atoms with Crippen molar-refractivity contribution in [1.29, 1.82) is 5.41 Å². The Morgan fingerprint density at radius 2 is 2.50 bits per heavy atom. The fourth-order valence-corrected chi connectivity index (χ4v) is 2.20. The number of nitrogens with one attached hydrogen (secondary N) is 1. The molecule has 1 aromatic heterocycles. The number of nitrogens with zero attached hydrogens (tertiary/aromatic N) is 1. The van der Waals surface area contributed by atoms with Crippen molar-refractivity contribution in [3.05, 3.63) is 23.4 Å². The molecule has 1 unspecified atom stereocenters. The van der Waals surface area contributed by atoms with E-state index in [9.17, 15) is 0 Å². The Bertz CT molecular complexity index is 330. The maximum absolute atomic E-state index is 7.16. The molecule has 3 nitrogen and oxygen atoms in total. The van der Waals surface area contributed by atoms with E-state index >= 15 is 0 Å². The number of pyridine rings is 1. The Balaban J connectivity index is 2.60.